The van der Waals surface area contributed by atoms with Gasteiger partial charge in [0.1, 0.15) is 6.10 Å². The van der Waals surface area contributed by atoms with E-state index in [2.05, 4.69) is 28.9 Å². The van der Waals surface area contributed by atoms with Gasteiger partial charge in [-0.2, -0.15) is 0 Å². The first-order valence-electron chi connectivity index (χ1n) is 12.4. The molecule has 3 heterocycles. The average Bonchev–Trinajstić information content (AvgIpc) is 3.31. The Morgan fingerprint density at radius 3 is 2.44 bits per heavy atom. The number of likely N-dealkylation sites (tertiary alicyclic amines) is 1. The first-order chi connectivity index (χ1) is 17.2. The fraction of sp³-hybridized carbons (Fsp3) is 0.538. The van der Waals surface area contributed by atoms with Crippen molar-refractivity contribution in [1.82, 2.24) is 24.6 Å². The molecule has 0 aliphatic carbocycles. The topological polar surface area (TPSA) is 52.2 Å². The third kappa shape index (κ3) is 6.75. The molecule has 2 saturated heterocycles. The molecule has 0 saturated carbocycles. The number of amides is 2. The Kier molecular flexibility index (Phi) is 9.23. The zero-order valence-corrected chi connectivity index (χ0v) is 23.3. The molecule has 10 heteroatoms. The summed E-state index contributed by atoms with van der Waals surface area (Å²) in [7, 11) is 4.17. The Morgan fingerprint density at radius 1 is 1.06 bits per heavy atom. The maximum Gasteiger partial charge on any atom is 0.320 e. The molecule has 1 aromatic carbocycles. The van der Waals surface area contributed by atoms with Gasteiger partial charge in [0.15, 0.2) is 0 Å². The van der Waals surface area contributed by atoms with Gasteiger partial charge in [-0.15, -0.1) is 0 Å². The number of carbonyl (C=O) groups is 1. The summed E-state index contributed by atoms with van der Waals surface area (Å²) in [4.78, 5) is 26.4. The lowest BCUT2D eigenvalue weighted by Gasteiger charge is -2.37. The first kappa shape index (κ1) is 27.3. The molecule has 2 fully saturated rings. The third-order valence-electron chi connectivity index (χ3n) is 7.12. The van der Waals surface area contributed by atoms with Crippen molar-refractivity contribution >= 4 is 40.8 Å². The lowest BCUT2D eigenvalue weighted by molar-refractivity contribution is 0.109. The van der Waals surface area contributed by atoms with Crippen LogP contribution in [0.25, 0.3) is 0 Å². The van der Waals surface area contributed by atoms with E-state index in [0.717, 1.165) is 44.8 Å². The molecule has 36 heavy (non-hydrogen) atoms. The van der Waals surface area contributed by atoms with Gasteiger partial charge >= 0.3 is 6.03 Å². The summed E-state index contributed by atoms with van der Waals surface area (Å²) in [6, 6.07) is 9.34. The Morgan fingerprint density at radius 2 is 1.81 bits per heavy atom. The highest BCUT2D eigenvalue weighted by Crippen LogP contribution is 2.38. The predicted octanol–water partition coefficient (Wildman–Crippen LogP) is 4.82. The summed E-state index contributed by atoms with van der Waals surface area (Å²) < 4.78 is 6.20. The second-order valence-corrected chi connectivity index (χ2v) is 11.2. The van der Waals surface area contributed by atoms with Gasteiger partial charge in [-0.3, -0.25) is 4.90 Å². The van der Waals surface area contributed by atoms with Gasteiger partial charge < -0.3 is 19.4 Å². The number of hydrogen-bond acceptors (Lipinski definition) is 5. The SMILES string of the molecule is C[C@H](Oc1ccc(Cl)cn1)[C@@H]1CN(C(=O)N2CCN(CCN(C)C)CC2)C[C@@H]1c1ccc(Cl)c(Cl)c1. The van der Waals surface area contributed by atoms with E-state index in [1.165, 1.54) is 0 Å². The zero-order valence-electron chi connectivity index (χ0n) is 21.0. The number of aromatic nitrogens is 1. The van der Waals surface area contributed by atoms with Crippen LogP contribution >= 0.6 is 34.8 Å². The summed E-state index contributed by atoms with van der Waals surface area (Å²) in [5.41, 5.74) is 1.05. The highest BCUT2D eigenvalue weighted by atomic mass is 35.5. The Labute approximate surface area is 228 Å². The van der Waals surface area contributed by atoms with Crippen molar-refractivity contribution in [2.24, 2.45) is 5.92 Å². The first-order valence-corrected chi connectivity index (χ1v) is 13.5. The lowest BCUT2D eigenvalue weighted by atomic mass is 9.86. The highest BCUT2D eigenvalue weighted by Gasteiger charge is 2.41. The predicted molar refractivity (Wildman–Crippen MR) is 146 cm³/mol. The average molecular weight is 555 g/mol. The Hall–Kier alpha value is -1.77. The summed E-state index contributed by atoms with van der Waals surface area (Å²) in [6.07, 6.45) is 1.39. The number of likely N-dealkylation sites (N-methyl/N-ethyl adjacent to an activating group) is 1. The van der Waals surface area contributed by atoms with E-state index in [1.54, 1.807) is 18.3 Å². The van der Waals surface area contributed by atoms with Crippen molar-refractivity contribution in [1.29, 1.82) is 0 Å². The number of pyridine rings is 1. The molecule has 2 aliphatic heterocycles. The zero-order chi connectivity index (χ0) is 25.8. The van der Waals surface area contributed by atoms with Crippen molar-refractivity contribution in [3.8, 4) is 5.88 Å². The van der Waals surface area contributed by atoms with Crippen molar-refractivity contribution in [2.45, 2.75) is 18.9 Å². The molecule has 0 radical (unpaired) electrons. The second-order valence-electron chi connectivity index (χ2n) is 9.90. The smallest absolute Gasteiger partial charge is 0.320 e. The number of hydrogen-bond donors (Lipinski definition) is 0. The summed E-state index contributed by atoms with van der Waals surface area (Å²) in [5, 5.41) is 1.59. The number of benzene rings is 1. The van der Waals surface area contributed by atoms with E-state index < -0.39 is 0 Å². The molecule has 0 spiro atoms. The number of carbonyl (C=O) groups excluding carboxylic acids is 1. The summed E-state index contributed by atoms with van der Waals surface area (Å²) in [6.45, 7) is 8.55. The quantitative estimate of drug-likeness (QED) is 0.491. The maximum absolute atomic E-state index is 13.5. The van der Waals surface area contributed by atoms with E-state index in [9.17, 15) is 4.79 Å². The molecule has 0 N–H and O–H groups in total. The molecule has 7 nitrogen and oxygen atoms in total. The molecule has 2 amide bonds. The van der Waals surface area contributed by atoms with Gasteiger partial charge in [-0.05, 0) is 44.8 Å². The van der Waals surface area contributed by atoms with E-state index in [0.29, 0.717) is 34.0 Å². The minimum absolute atomic E-state index is 0.0602. The van der Waals surface area contributed by atoms with Crippen molar-refractivity contribution in [3.05, 3.63) is 57.2 Å². The number of nitrogens with zero attached hydrogens (tertiary/aromatic N) is 5. The van der Waals surface area contributed by atoms with Crippen LogP contribution in [0.4, 0.5) is 4.79 Å². The fourth-order valence-electron chi connectivity index (χ4n) is 4.97. The van der Waals surface area contributed by atoms with E-state index in [4.69, 9.17) is 39.5 Å². The van der Waals surface area contributed by atoms with Crippen LogP contribution < -0.4 is 4.74 Å². The van der Waals surface area contributed by atoms with Crippen LogP contribution in [-0.2, 0) is 0 Å². The van der Waals surface area contributed by atoms with Gasteiger partial charge in [0.05, 0.1) is 15.1 Å². The van der Waals surface area contributed by atoms with Gasteiger partial charge in [0.25, 0.3) is 0 Å². The third-order valence-corrected chi connectivity index (χ3v) is 8.09. The van der Waals surface area contributed by atoms with E-state index >= 15 is 0 Å². The highest BCUT2D eigenvalue weighted by molar-refractivity contribution is 6.42. The van der Waals surface area contributed by atoms with Gasteiger partial charge in [-0.25, -0.2) is 9.78 Å². The molecule has 4 rings (SSSR count). The molecule has 2 aliphatic rings. The van der Waals surface area contributed by atoms with Gasteiger partial charge in [0, 0.05) is 76.5 Å². The van der Waals surface area contributed by atoms with Crippen molar-refractivity contribution in [3.63, 3.8) is 0 Å². The van der Waals surface area contributed by atoms with Crippen LogP contribution in [0, 0.1) is 5.92 Å². The molecule has 2 aromatic rings. The van der Waals surface area contributed by atoms with Crippen LogP contribution in [0.5, 0.6) is 5.88 Å². The largest absolute Gasteiger partial charge is 0.474 e. The molecule has 0 unspecified atom stereocenters. The maximum atomic E-state index is 13.5. The molecular formula is C26H34Cl3N5O2. The van der Waals surface area contributed by atoms with Crippen LogP contribution in [0.1, 0.15) is 18.4 Å². The van der Waals surface area contributed by atoms with Gasteiger partial charge in [0.2, 0.25) is 5.88 Å². The minimum atomic E-state index is -0.182. The van der Waals surface area contributed by atoms with Gasteiger partial charge in [-0.1, -0.05) is 40.9 Å². The molecule has 1 aromatic heterocycles. The van der Waals surface area contributed by atoms with Crippen LogP contribution in [0.15, 0.2) is 36.5 Å². The minimum Gasteiger partial charge on any atom is -0.474 e. The van der Waals surface area contributed by atoms with Crippen LogP contribution in [0.3, 0.4) is 0 Å². The van der Waals surface area contributed by atoms with Crippen molar-refractivity contribution in [2.75, 3.05) is 66.5 Å². The molecule has 3 atom stereocenters. The monoisotopic (exact) mass is 553 g/mol. The molecule has 196 valence electrons. The number of halogens is 3. The molecule has 0 bridgehead atoms. The number of ether oxygens (including phenoxy) is 1. The van der Waals surface area contributed by atoms with Crippen LogP contribution in [0.2, 0.25) is 15.1 Å². The second kappa shape index (κ2) is 12.2. The number of urea groups is 1. The fourth-order valence-corrected chi connectivity index (χ4v) is 5.39. The number of piperazine rings is 1. The standard InChI is InChI=1S/C26H34Cl3N5O2/c1-18(36-25-7-5-20(27)15-30-25)21-16-34(17-22(21)19-4-6-23(28)24(29)14-19)26(35)33-12-10-32(11-13-33)9-8-31(2)3/h4-7,14-15,18,21-22H,8-13,16-17H2,1-3H3/t18-,21-,22+/m0/s1. The van der Waals surface area contributed by atoms with Crippen molar-refractivity contribution < 1.29 is 9.53 Å². The lowest BCUT2D eigenvalue weighted by Crippen LogP contribution is -2.53. The van der Waals surface area contributed by atoms with E-state index in [-0.39, 0.29) is 24.0 Å². The Balaban J connectivity index is 1.46. The molecular weight excluding hydrogens is 521 g/mol. The van der Waals surface area contributed by atoms with E-state index in [1.807, 2.05) is 34.9 Å². The normalized spacial score (nSPS) is 21.8. The summed E-state index contributed by atoms with van der Waals surface area (Å²) in [5.74, 6) is 0.635. The Bertz CT molecular complexity index is 1030. The number of rotatable bonds is 7. The van der Waals surface area contributed by atoms with Crippen LogP contribution in [-0.4, -0.2) is 103 Å². The summed E-state index contributed by atoms with van der Waals surface area (Å²) >= 11 is 18.5.